The first-order chi connectivity index (χ1) is 14.4. The van der Waals surface area contributed by atoms with Gasteiger partial charge >= 0.3 is 0 Å². The normalized spacial score (nSPS) is 5.41. The summed E-state index contributed by atoms with van der Waals surface area (Å²) >= 11 is 0. The average Bonchev–Trinajstić information content (AvgIpc) is 2.91. The molecule has 0 radical (unpaired) electrons. The van der Waals surface area contributed by atoms with Gasteiger partial charge in [-0.3, -0.25) is 4.98 Å². The molecule has 2 aromatic rings. The lowest BCUT2D eigenvalue weighted by Crippen LogP contribution is -1.62. The summed E-state index contributed by atoms with van der Waals surface area (Å²) in [5.74, 6) is 0. The lowest BCUT2D eigenvalue weighted by Gasteiger charge is -1.82. The Morgan fingerprint density at radius 1 is 0.379 bits per heavy atom. The van der Waals surface area contributed by atoms with Crippen molar-refractivity contribution < 1.29 is 0 Å². The van der Waals surface area contributed by atoms with Crippen LogP contribution in [0.1, 0.15) is 116 Å². The molecule has 0 spiro atoms. The third-order valence-electron chi connectivity index (χ3n) is 1.51. The molecule has 0 saturated heterocycles. The van der Waals surface area contributed by atoms with E-state index in [-0.39, 0.29) is 0 Å². The largest absolute Gasteiger partial charge is 0.265 e. The molecule has 1 nitrogen and oxygen atoms in total. The summed E-state index contributed by atoms with van der Waals surface area (Å²) < 4.78 is 0. The zero-order valence-electron chi connectivity index (χ0n) is 23.7. The fourth-order valence-electron chi connectivity index (χ4n) is 0.847. The number of hydrogen-bond donors (Lipinski definition) is 0. The molecule has 0 N–H and O–H groups in total. The smallest absolute Gasteiger partial charge is 0.0267 e. The zero-order valence-corrected chi connectivity index (χ0v) is 23.7. The molecule has 0 aliphatic carbocycles. The summed E-state index contributed by atoms with van der Waals surface area (Å²) in [6, 6.07) is 16.0. The van der Waals surface area contributed by atoms with E-state index in [1.807, 2.05) is 147 Å². The highest BCUT2D eigenvalue weighted by Gasteiger charge is 1.72. The van der Waals surface area contributed by atoms with Crippen molar-refractivity contribution in [2.75, 3.05) is 0 Å². The van der Waals surface area contributed by atoms with Gasteiger partial charge in [-0.25, -0.2) is 0 Å². The first kappa shape index (κ1) is 50.7. The minimum absolute atomic E-state index is 1.32. The Labute approximate surface area is 189 Å². The highest BCUT2D eigenvalue weighted by molar-refractivity contribution is 5.11. The van der Waals surface area contributed by atoms with Crippen molar-refractivity contribution in [1.29, 1.82) is 0 Å². The monoisotopic (exact) mass is 411 g/mol. The Hall–Kier alpha value is -1.63. The number of hydrogen-bond acceptors (Lipinski definition) is 1. The van der Waals surface area contributed by atoms with Gasteiger partial charge in [0.15, 0.2) is 0 Å². The number of aromatic nitrogens is 1. The Bertz CT molecular complexity index is 277. The maximum Gasteiger partial charge on any atom is 0.0267 e. The molecule has 0 bridgehead atoms. The third kappa shape index (κ3) is 102. The summed E-state index contributed by atoms with van der Waals surface area (Å²) in [7, 11) is 0. The van der Waals surface area contributed by atoms with Gasteiger partial charge in [0.1, 0.15) is 0 Å². The van der Waals surface area contributed by atoms with Crippen molar-refractivity contribution in [2.24, 2.45) is 0 Å². The van der Waals surface area contributed by atoms with Gasteiger partial charge in [-0.2, -0.15) is 0 Å². The van der Waals surface area contributed by atoms with Gasteiger partial charge in [-0.1, -0.05) is 153 Å². The predicted molar refractivity (Wildman–Crippen MR) is 146 cm³/mol. The van der Waals surface area contributed by atoms with E-state index in [4.69, 9.17) is 0 Å². The number of rotatable bonds is 0. The molecule has 0 saturated carbocycles. The zero-order chi connectivity index (χ0) is 25.4. The van der Waals surface area contributed by atoms with Gasteiger partial charge in [0, 0.05) is 12.4 Å². The van der Waals surface area contributed by atoms with E-state index >= 15 is 0 Å². The van der Waals surface area contributed by atoms with E-state index in [1.165, 1.54) is 5.56 Å². The number of benzene rings is 1. The van der Waals surface area contributed by atoms with Gasteiger partial charge in [0.05, 0.1) is 0 Å². The molecule has 0 aliphatic rings. The fraction of sp³-hybridized carbons (Fsp3) is 0.607. The lowest BCUT2D eigenvalue weighted by molar-refractivity contribution is 1.33. The van der Waals surface area contributed by atoms with Crippen LogP contribution in [0.2, 0.25) is 0 Å². The van der Waals surface area contributed by atoms with Gasteiger partial charge in [0.25, 0.3) is 0 Å². The maximum atomic E-state index is 3.78. The summed E-state index contributed by atoms with van der Waals surface area (Å²) in [4.78, 5) is 3.78. The van der Waals surface area contributed by atoms with Crippen molar-refractivity contribution in [2.45, 2.75) is 118 Å². The molecule has 1 aromatic heterocycles. The van der Waals surface area contributed by atoms with Crippen molar-refractivity contribution in [3.8, 4) is 0 Å². The highest BCUT2D eigenvalue weighted by atomic mass is 14.6. The van der Waals surface area contributed by atoms with Crippen LogP contribution in [0.3, 0.4) is 0 Å². The average molecular weight is 412 g/mol. The molecule has 0 aliphatic heterocycles. The van der Waals surface area contributed by atoms with Crippen molar-refractivity contribution >= 4 is 0 Å². The second-order valence-electron chi connectivity index (χ2n) is 2.68. The van der Waals surface area contributed by atoms with Gasteiger partial charge in [-0.15, -0.1) is 0 Å². The van der Waals surface area contributed by atoms with Crippen LogP contribution in [0.4, 0.5) is 0 Å². The standard InChI is InChI=1S/C7H8.C5H5N.8C2H6/c1-7-5-3-2-4-6-7;1-2-4-6-5-3-1;8*1-2/h2-6H,1H3;1-5H;8*1-2H3. The molecule has 1 heterocycles. The van der Waals surface area contributed by atoms with E-state index in [2.05, 4.69) is 24.0 Å². The van der Waals surface area contributed by atoms with E-state index in [0.29, 0.717) is 0 Å². The van der Waals surface area contributed by atoms with Crippen LogP contribution >= 0.6 is 0 Å². The number of pyridine rings is 1. The second-order valence-corrected chi connectivity index (χ2v) is 2.68. The summed E-state index contributed by atoms with van der Waals surface area (Å²) in [6.07, 6.45) is 3.50. The van der Waals surface area contributed by atoms with Crippen molar-refractivity contribution in [3.05, 3.63) is 66.5 Å². The number of aryl methyl sites for hydroxylation is 1. The summed E-state index contributed by atoms with van der Waals surface area (Å²) in [5.41, 5.74) is 1.32. The van der Waals surface area contributed by atoms with Crippen LogP contribution in [0.5, 0.6) is 0 Å². The molecule has 0 amide bonds. The van der Waals surface area contributed by atoms with E-state index in [9.17, 15) is 0 Å². The second kappa shape index (κ2) is 111. The van der Waals surface area contributed by atoms with Gasteiger partial charge < -0.3 is 0 Å². The molecule has 0 unspecified atom stereocenters. The summed E-state index contributed by atoms with van der Waals surface area (Å²) in [6.45, 7) is 34.1. The highest BCUT2D eigenvalue weighted by Crippen LogP contribution is 1.92. The SMILES string of the molecule is CC.CC.CC.CC.CC.CC.CC.CC.Cc1ccccc1.c1ccncc1. The molecule has 1 aromatic carbocycles. The molecule has 178 valence electrons. The molecule has 1 heteroatoms. The van der Waals surface area contributed by atoms with E-state index in [0.717, 1.165) is 0 Å². The fourth-order valence-corrected chi connectivity index (χ4v) is 0.847. The van der Waals surface area contributed by atoms with Gasteiger partial charge in [0.2, 0.25) is 0 Å². The Kier molecular flexibility index (Phi) is 194. The van der Waals surface area contributed by atoms with Crippen LogP contribution in [0, 0.1) is 6.92 Å². The Balaban J connectivity index is -0.0000000306. The molecule has 2 rings (SSSR count). The first-order valence-corrected chi connectivity index (χ1v) is 12.3. The van der Waals surface area contributed by atoms with Crippen molar-refractivity contribution in [1.82, 2.24) is 4.98 Å². The van der Waals surface area contributed by atoms with Crippen LogP contribution in [-0.2, 0) is 0 Å². The number of nitrogens with zero attached hydrogens (tertiary/aromatic N) is 1. The maximum absolute atomic E-state index is 3.78. The van der Waals surface area contributed by atoms with Gasteiger partial charge in [-0.05, 0) is 19.1 Å². The molecular formula is C28H61N. The quantitative estimate of drug-likeness (QED) is 0.420. The Morgan fingerprint density at radius 3 is 0.724 bits per heavy atom. The van der Waals surface area contributed by atoms with Crippen LogP contribution in [0.15, 0.2) is 60.9 Å². The Morgan fingerprint density at radius 2 is 0.621 bits per heavy atom. The first-order valence-electron chi connectivity index (χ1n) is 12.3. The minimum Gasteiger partial charge on any atom is -0.265 e. The molecule has 0 fully saturated rings. The van der Waals surface area contributed by atoms with Crippen LogP contribution in [0.25, 0.3) is 0 Å². The summed E-state index contributed by atoms with van der Waals surface area (Å²) in [5, 5.41) is 0. The van der Waals surface area contributed by atoms with E-state index < -0.39 is 0 Å². The molecule has 0 atom stereocenters. The van der Waals surface area contributed by atoms with Crippen LogP contribution in [-0.4, -0.2) is 4.98 Å². The van der Waals surface area contributed by atoms with E-state index in [1.54, 1.807) is 12.4 Å². The third-order valence-corrected chi connectivity index (χ3v) is 1.51. The molecular weight excluding hydrogens is 350 g/mol. The van der Waals surface area contributed by atoms with Crippen LogP contribution < -0.4 is 0 Å². The predicted octanol–water partition coefficient (Wildman–Crippen LogP) is 11.3. The lowest BCUT2D eigenvalue weighted by atomic mass is 10.2. The molecule has 29 heavy (non-hydrogen) atoms. The van der Waals surface area contributed by atoms with Crippen molar-refractivity contribution in [3.63, 3.8) is 0 Å². The minimum atomic E-state index is 1.32. The topological polar surface area (TPSA) is 12.9 Å².